The molecule has 39 heavy (non-hydrogen) atoms. The molecule has 1 saturated heterocycles. The van der Waals surface area contributed by atoms with Gasteiger partial charge < -0.3 is 10.1 Å². The van der Waals surface area contributed by atoms with Crippen LogP contribution in [-0.2, 0) is 26.6 Å². The van der Waals surface area contributed by atoms with Crippen molar-refractivity contribution in [3.63, 3.8) is 0 Å². The third kappa shape index (κ3) is 7.14. The van der Waals surface area contributed by atoms with E-state index in [-0.39, 0.29) is 36.1 Å². The predicted molar refractivity (Wildman–Crippen MR) is 146 cm³/mol. The first-order chi connectivity index (χ1) is 18.6. The Morgan fingerprint density at radius 2 is 1.59 bits per heavy atom. The first-order valence-corrected chi connectivity index (χ1v) is 15.7. The molecule has 208 valence electrons. The molecule has 0 atom stereocenters. The molecule has 0 unspecified atom stereocenters. The lowest BCUT2D eigenvalue weighted by Crippen LogP contribution is -2.30. The van der Waals surface area contributed by atoms with Gasteiger partial charge in [-0.1, -0.05) is 18.2 Å². The van der Waals surface area contributed by atoms with Crippen LogP contribution in [-0.4, -0.2) is 59.5 Å². The fourth-order valence-corrected chi connectivity index (χ4v) is 6.58. The van der Waals surface area contributed by atoms with Gasteiger partial charge in [0.1, 0.15) is 18.2 Å². The first-order valence-electron chi connectivity index (χ1n) is 12.4. The van der Waals surface area contributed by atoms with Crippen molar-refractivity contribution >= 4 is 31.6 Å². The van der Waals surface area contributed by atoms with Crippen molar-refractivity contribution in [3.05, 3.63) is 89.7 Å². The molecule has 1 N–H and O–H groups in total. The van der Waals surface area contributed by atoms with Gasteiger partial charge in [-0.05, 0) is 67.4 Å². The van der Waals surface area contributed by atoms with Crippen molar-refractivity contribution in [1.29, 1.82) is 0 Å². The van der Waals surface area contributed by atoms with E-state index in [0.717, 1.165) is 23.4 Å². The molecule has 0 aliphatic carbocycles. The van der Waals surface area contributed by atoms with Crippen molar-refractivity contribution in [2.45, 2.75) is 24.3 Å². The molecule has 1 aliphatic rings. The molecule has 0 spiro atoms. The molecule has 3 aromatic rings. The Bertz CT molecular complexity index is 1510. The fraction of sp³-hybridized carbons (Fsp3) is 0.296. The average molecular weight is 576 g/mol. The standard InChI is InChI=1S/C27H30FN3O6S2/c1-38(33,34)31(20-22-6-2-3-7-26(22)28)23-10-8-21(9-11-23)27(32)29-16-19-37-24-12-14-25(15-13-24)39(35,36)30-17-4-5-18-30/h2-3,6-15H,4-5,16-20H2,1H3,(H,29,32). The highest BCUT2D eigenvalue weighted by Gasteiger charge is 2.27. The quantitative estimate of drug-likeness (QED) is 0.351. The number of nitrogens with one attached hydrogen (secondary N) is 1. The average Bonchev–Trinajstić information content (AvgIpc) is 3.47. The number of ether oxygens (including phenoxy) is 1. The van der Waals surface area contributed by atoms with Crippen LogP contribution < -0.4 is 14.4 Å². The maximum Gasteiger partial charge on any atom is 0.251 e. The number of halogens is 1. The molecule has 0 radical (unpaired) electrons. The molecule has 9 nitrogen and oxygen atoms in total. The summed E-state index contributed by atoms with van der Waals surface area (Å²) in [6, 6.07) is 18.1. The normalized spacial score (nSPS) is 14.2. The number of amides is 1. The zero-order chi connectivity index (χ0) is 28.0. The molecule has 1 aliphatic heterocycles. The van der Waals surface area contributed by atoms with E-state index in [1.54, 1.807) is 18.2 Å². The summed E-state index contributed by atoms with van der Waals surface area (Å²) in [6.07, 6.45) is 2.77. The van der Waals surface area contributed by atoms with E-state index in [0.29, 0.717) is 30.1 Å². The SMILES string of the molecule is CS(=O)(=O)N(Cc1ccccc1F)c1ccc(C(=O)NCCOc2ccc(S(=O)(=O)N3CCCC3)cc2)cc1. The van der Waals surface area contributed by atoms with E-state index in [2.05, 4.69) is 5.32 Å². The second kappa shape index (κ2) is 12.1. The van der Waals surface area contributed by atoms with E-state index in [1.165, 1.54) is 58.9 Å². The van der Waals surface area contributed by atoms with Crippen LogP contribution in [0, 0.1) is 5.82 Å². The lowest BCUT2D eigenvalue weighted by atomic mass is 10.1. The number of anilines is 1. The molecule has 0 saturated carbocycles. The highest BCUT2D eigenvalue weighted by molar-refractivity contribution is 7.92. The highest BCUT2D eigenvalue weighted by atomic mass is 32.2. The zero-order valence-corrected chi connectivity index (χ0v) is 23.0. The number of sulfonamides is 2. The molecule has 0 bridgehead atoms. The molecular weight excluding hydrogens is 545 g/mol. The van der Waals surface area contributed by atoms with Crippen LogP contribution in [0.5, 0.6) is 5.75 Å². The van der Waals surface area contributed by atoms with Gasteiger partial charge in [0, 0.05) is 24.2 Å². The number of hydrogen-bond acceptors (Lipinski definition) is 6. The molecule has 12 heteroatoms. The molecular formula is C27H30FN3O6S2. The zero-order valence-electron chi connectivity index (χ0n) is 21.4. The van der Waals surface area contributed by atoms with Crippen molar-refractivity contribution in [2.24, 2.45) is 0 Å². The Hall–Kier alpha value is -3.48. The Kier molecular flexibility index (Phi) is 8.88. The minimum atomic E-state index is -3.71. The third-order valence-corrected chi connectivity index (χ3v) is 9.33. The van der Waals surface area contributed by atoms with E-state index in [9.17, 15) is 26.0 Å². The molecule has 1 amide bonds. The van der Waals surface area contributed by atoms with Gasteiger partial charge in [0.2, 0.25) is 20.0 Å². The molecule has 3 aromatic carbocycles. The molecule has 1 heterocycles. The summed E-state index contributed by atoms with van der Waals surface area (Å²) in [5.74, 6) is -0.408. The molecule has 0 aromatic heterocycles. The van der Waals surface area contributed by atoms with Crippen LogP contribution in [0.15, 0.2) is 77.7 Å². The summed E-state index contributed by atoms with van der Waals surface area (Å²) in [5, 5.41) is 2.72. The van der Waals surface area contributed by atoms with Gasteiger partial charge >= 0.3 is 0 Å². The van der Waals surface area contributed by atoms with Gasteiger partial charge in [-0.15, -0.1) is 0 Å². The minimum absolute atomic E-state index is 0.159. The fourth-order valence-electron chi connectivity index (χ4n) is 4.18. The third-order valence-electron chi connectivity index (χ3n) is 6.27. The van der Waals surface area contributed by atoms with Gasteiger partial charge in [0.25, 0.3) is 5.91 Å². The van der Waals surface area contributed by atoms with Gasteiger partial charge in [-0.2, -0.15) is 4.31 Å². The van der Waals surface area contributed by atoms with Crippen molar-refractivity contribution in [2.75, 3.05) is 36.8 Å². The second-order valence-corrected chi connectivity index (χ2v) is 12.9. The number of nitrogens with zero attached hydrogens (tertiary/aromatic N) is 2. The topological polar surface area (TPSA) is 113 Å². The van der Waals surface area contributed by atoms with E-state index < -0.39 is 25.9 Å². The number of benzene rings is 3. The summed E-state index contributed by atoms with van der Waals surface area (Å²) in [7, 11) is -7.20. The largest absolute Gasteiger partial charge is 0.492 e. The van der Waals surface area contributed by atoms with E-state index in [1.807, 2.05) is 0 Å². The minimum Gasteiger partial charge on any atom is -0.492 e. The highest BCUT2D eigenvalue weighted by Crippen LogP contribution is 2.24. The van der Waals surface area contributed by atoms with Crippen LogP contribution in [0.1, 0.15) is 28.8 Å². The summed E-state index contributed by atoms with van der Waals surface area (Å²) in [6.45, 7) is 1.24. The van der Waals surface area contributed by atoms with Crippen LogP contribution in [0.4, 0.5) is 10.1 Å². The first kappa shape index (κ1) is 28.5. The van der Waals surface area contributed by atoms with E-state index >= 15 is 0 Å². The number of rotatable bonds is 11. The van der Waals surface area contributed by atoms with Crippen LogP contribution >= 0.6 is 0 Å². The smallest absolute Gasteiger partial charge is 0.251 e. The van der Waals surface area contributed by atoms with Gasteiger partial charge in [-0.3, -0.25) is 9.10 Å². The summed E-state index contributed by atoms with van der Waals surface area (Å²) >= 11 is 0. The summed E-state index contributed by atoms with van der Waals surface area (Å²) < 4.78 is 72.2. The van der Waals surface area contributed by atoms with Gasteiger partial charge in [0.15, 0.2) is 0 Å². The lowest BCUT2D eigenvalue weighted by molar-refractivity contribution is 0.0947. The van der Waals surface area contributed by atoms with Crippen LogP contribution in [0.2, 0.25) is 0 Å². The maximum atomic E-state index is 14.1. The molecule has 4 rings (SSSR count). The van der Waals surface area contributed by atoms with Gasteiger partial charge in [-0.25, -0.2) is 21.2 Å². The van der Waals surface area contributed by atoms with Gasteiger partial charge in [0.05, 0.1) is 29.9 Å². The maximum absolute atomic E-state index is 14.1. The molecule has 1 fully saturated rings. The number of hydrogen-bond donors (Lipinski definition) is 1. The van der Waals surface area contributed by atoms with Crippen molar-refractivity contribution in [1.82, 2.24) is 9.62 Å². The predicted octanol–water partition coefficient (Wildman–Crippen LogP) is 3.39. The van der Waals surface area contributed by atoms with E-state index in [4.69, 9.17) is 4.74 Å². The Morgan fingerprint density at radius 1 is 0.949 bits per heavy atom. The number of carbonyl (C=O) groups excluding carboxylic acids is 1. The summed E-state index contributed by atoms with van der Waals surface area (Å²) in [4.78, 5) is 12.8. The van der Waals surface area contributed by atoms with Crippen molar-refractivity contribution < 1.29 is 30.8 Å². The summed E-state index contributed by atoms with van der Waals surface area (Å²) in [5.41, 5.74) is 0.845. The van der Waals surface area contributed by atoms with Crippen LogP contribution in [0.3, 0.4) is 0 Å². The Balaban J connectivity index is 1.30. The Morgan fingerprint density at radius 3 is 2.21 bits per heavy atom. The van der Waals surface area contributed by atoms with Crippen LogP contribution in [0.25, 0.3) is 0 Å². The Labute approximate surface area is 228 Å². The van der Waals surface area contributed by atoms with Crippen molar-refractivity contribution in [3.8, 4) is 5.75 Å². The second-order valence-electron chi connectivity index (χ2n) is 9.09. The monoisotopic (exact) mass is 575 g/mol. The number of carbonyl (C=O) groups is 1. The lowest BCUT2D eigenvalue weighted by Gasteiger charge is -2.23.